The van der Waals surface area contributed by atoms with E-state index in [-0.39, 0.29) is 10.8 Å². The Balaban J connectivity index is 1.19. The summed E-state index contributed by atoms with van der Waals surface area (Å²) in [6.07, 6.45) is 2.36. The van der Waals surface area contributed by atoms with Crippen LogP contribution in [0.1, 0.15) is 51.7 Å². The highest BCUT2D eigenvalue weighted by molar-refractivity contribution is 7.25. The zero-order valence-electron chi connectivity index (χ0n) is 32.7. The molecule has 3 heterocycles. The van der Waals surface area contributed by atoms with Crippen molar-refractivity contribution in [2.75, 3.05) is 0 Å². The minimum absolute atomic E-state index is 0.0888. The van der Waals surface area contributed by atoms with Gasteiger partial charge in [-0.05, 0) is 123 Å². The number of rotatable bonds is 3. The fraction of sp³-hybridized carbons (Fsp3) is 0.148. The van der Waals surface area contributed by atoms with Crippen LogP contribution in [0, 0.1) is 0 Å². The number of nitrogens with zero attached hydrogens (tertiary/aromatic N) is 2. The molecule has 274 valence electrons. The first-order chi connectivity index (χ1) is 27.7. The molecule has 0 amide bonds. The lowest BCUT2D eigenvalue weighted by Crippen LogP contribution is -2.33. The average molecular weight is 751 g/mol. The van der Waals surface area contributed by atoms with Gasteiger partial charge in [-0.1, -0.05) is 119 Å². The van der Waals surface area contributed by atoms with E-state index in [4.69, 9.17) is 0 Å². The number of hydrogen-bond donors (Lipinski definition) is 0. The minimum atomic E-state index is 0.0888. The van der Waals surface area contributed by atoms with Crippen LogP contribution < -0.4 is 0 Å². The summed E-state index contributed by atoms with van der Waals surface area (Å²) in [6, 6.07) is 59.5. The van der Waals surface area contributed by atoms with Crippen molar-refractivity contribution in [2.24, 2.45) is 0 Å². The summed E-state index contributed by atoms with van der Waals surface area (Å²) in [7, 11) is 0. The van der Waals surface area contributed by atoms with E-state index in [9.17, 15) is 0 Å². The summed E-state index contributed by atoms with van der Waals surface area (Å²) in [5.41, 5.74) is 13.0. The first-order valence-corrected chi connectivity index (χ1v) is 21.1. The Morgan fingerprint density at radius 2 is 1.02 bits per heavy atom. The van der Waals surface area contributed by atoms with Crippen molar-refractivity contribution in [1.82, 2.24) is 9.13 Å². The molecule has 0 unspecified atom stereocenters. The van der Waals surface area contributed by atoms with Gasteiger partial charge in [-0.2, -0.15) is 0 Å². The molecule has 57 heavy (non-hydrogen) atoms. The molecule has 1 aliphatic carbocycles. The molecule has 0 fully saturated rings. The topological polar surface area (TPSA) is 9.86 Å². The van der Waals surface area contributed by atoms with E-state index in [1.807, 2.05) is 11.3 Å². The Bertz CT molecular complexity index is 3460. The van der Waals surface area contributed by atoms with E-state index < -0.39 is 0 Å². The van der Waals surface area contributed by atoms with Crippen LogP contribution in [0.15, 0.2) is 158 Å². The van der Waals surface area contributed by atoms with Gasteiger partial charge in [-0.15, -0.1) is 11.3 Å². The van der Waals surface area contributed by atoms with Crippen LogP contribution >= 0.6 is 11.3 Å². The van der Waals surface area contributed by atoms with Gasteiger partial charge in [0.25, 0.3) is 0 Å². The summed E-state index contributed by atoms with van der Waals surface area (Å²) >= 11 is 1.88. The molecule has 0 saturated heterocycles. The van der Waals surface area contributed by atoms with Gasteiger partial charge in [0.15, 0.2) is 0 Å². The molecule has 0 atom stereocenters. The highest BCUT2D eigenvalue weighted by atomic mass is 32.1. The SMILES string of the molecule is CC1(C)CCC(C)(C)c2cc3c(cc21)c1cc2c(cc1n3-c1cccc(-c3ccc4c(c3)sc3ccccc34)c1)c1c3ccccc3ccc1n2-c1ccccc1. The highest BCUT2D eigenvalue weighted by Crippen LogP contribution is 2.50. The highest BCUT2D eigenvalue weighted by Gasteiger charge is 2.38. The second-order valence-electron chi connectivity index (χ2n) is 17.6. The lowest BCUT2D eigenvalue weighted by atomic mass is 9.63. The Morgan fingerprint density at radius 1 is 0.404 bits per heavy atom. The molecule has 0 radical (unpaired) electrons. The van der Waals surface area contributed by atoms with Gasteiger partial charge in [-0.25, -0.2) is 0 Å². The van der Waals surface area contributed by atoms with Gasteiger partial charge in [0.2, 0.25) is 0 Å². The summed E-state index contributed by atoms with van der Waals surface area (Å²) in [5, 5.41) is 10.4. The third-order valence-electron chi connectivity index (χ3n) is 13.3. The van der Waals surface area contributed by atoms with E-state index in [1.165, 1.54) is 121 Å². The maximum absolute atomic E-state index is 2.57. The molecule has 11 aromatic rings. The van der Waals surface area contributed by atoms with Crippen molar-refractivity contribution in [3.05, 3.63) is 169 Å². The molecular formula is C54H42N2S. The maximum Gasteiger partial charge on any atom is 0.0549 e. The van der Waals surface area contributed by atoms with E-state index in [0.717, 1.165) is 0 Å². The third kappa shape index (κ3) is 4.76. The quantitative estimate of drug-likeness (QED) is 0.170. The number of thiophene rings is 1. The number of hydrogen-bond acceptors (Lipinski definition) is 1. The van der Waals surface area contributed by atoms with Crippen LogP contribution in [0.2, 0.25) is 0 Å². The molecule has 2 nitrogen and oxygen atoms in total. The Labute approximate surface area is 336 Å². The van der Waals surface area contributed by atoms with Gasteiger partial charge < -0.3 is 9.13 Å². The van der Waals surface area contributed by atoms with Crippen molar-refractivity contribution in [1.29, 1.82) is 0 Å². The van der Waals surface area contributed by atoms with Crippen LogP contribution in [0.5, 0.6) is 0 Å². The predicted molar refractivity (Wildman–Crippen MR) is 246 cm³/mol. The zero-order chi connectivity index (χ0) is 38.2. The van der Waals surface area contributed by atoms with E-state index in [2.05, 4.69) is 195 Å². The first-order valence-electron chi connectivity index (χ1n) is 20.3. The summed E-state index contributed by atoms with van der Waals surface area (Å²) < 4.78 is 7.72. The molecule has 3 heteroatoms. The summed E-state index contributed by atoms with van der Waals surface area (Å²) in [5.74, 6) is 0. The summed E-state index contributed by atoms with van der Waals surface area (Å²) in [4.78, 5) is 0. The van der Waals surface area contributed by atoms with Crippen LogP contribution in [0.3, 0.4) is 0 Å². The van der Waals surface area contributed by atoms with Crippen LogP contribution in [0.25, 0.3) is 97.1 Å². The fourth-order valence-electron chi connectivity index (χ4n) is 10.2. The molecular weight excluding hydrogens is 709 g/mol. The van der Waals surface area contributed by atoms with E-state index in [0.29, 0.717) is 0 Å². The normalized spacial score (nSPS) is 15.2. The molecule has 0 N–H and O–H groups in total. The monoisotopic (exact) mass is 750 g/mol. The lowest BCUT2D eigenvalue weighted by molar-refractivity contribution is 0.332. The summed E-state index contributed by atoms with van der Waals surface area (Å²) in [6.45, 7) is 9.77. The van der Waals surface area contributed by atoms with Crippen molar-refractivity contribution >= 4 is 85.9 Å². The maximum atomic E-state index is 2.57. The molecule has 0 spiro atoms. The number of para-hydroxylation sites is 1. The lowest BCUT2D eigenvalue weighted by Gasteiger charge is -2.42. The molecule has 0 aliphatic heterocycles. The van der Waals surface area contributed by atoms with Crippen molar-refractivity contribution in [3.8, 4) is 22.5 Å². The number of aromatic nitrogens is 2. The van der Waals surface area contributed by atoms with Crippen LogP contribution in [-0.2, 0) is 10.8 Å². The second kappa shape index (κ2) is 11.7. The van der Waals surface area contributed by atoms with Gasteiger partial charge in [-0.3, -0.25) is 0 Å². The van der Waals surface area contributed by atoms with Crippen molar-refractivity contribution in [3.63, 3.8) is 0 Å². The second-order valence-corrected chi connectivity index (χ2v) is 18.7. The Hall–Kier alpha value is -6.16. The molecule has 12 rings (SSSR count). The average Bonchev–Trinajstić information content (AvgIpc) is 3.88. The molecule has 1 aliphatic rings. The zero-order valence-corrected chi connectivity index (χ0v) is 33.5. The van der Waals surface area contributed by atoms with E-state index >= 15 is 0 Å². The van der Waals surface area contributed by atoms with Crippen molar-refractivity contribution in [2.45, 2.75) is 51.4 Å². The number of fused-ring (bicyclic) bond motifs is 12. The van der Waals surface area contributed by atoms with Gasteiger partial charge in [0.05, 0.1) is 22.1 Å². The Kier molecular flexibility index (Phi) is 6.77. The van der Waals surface area contributed by atoms with Gasteiger partial charge >= 0.3 is 0 Å². The molecule has 0 saturated carbocycles. The largest absolute Gasteiger partial charge is 0.309 e. The molecule has 3 aromatic heterocycles. The van der Waals surface area contributed by atoms with Gasteiger partial charge in [0.1, 0.15) is 0 Å². The van der Waals surface area contributed by atoms with Crippen LogP contribution in [-0.4, -0.2) is 9.13 Å². The standard InChI is InChI=1S/C54H42N2S/c1-53(2)25-26-54(3,4)45-32-49-41(29-44(45)53)42-30-48-43(52-38-18-9-8-13-33(38)22-24-46(52)55(48)36-15-6-5-7-16-36)31-47(42)56(49)37-17-12-14-34(27-37)35-21-23-40-39-19-10-11-20-50(39)57-51(40)28-35/h5-24,27-32H,25-26H2,1-4H3. The molecule has 8 aromatic carbocycles. The number of benzene rings is 8. The van der Waals surface area contributed by atoms with Crippen molar-refractivity contribution < 1.29 is 0 Å². The smallest absolute Gasteiger partial charge is 0.0549 e. The van der Waals surface area contributed by atoms with Crippen LogP contribution in [0.4, 0.5) is 0 Å². The fourth-order valence-corrected chi connectivity index (χ4v) is 11.4. The third-order valence-corrected chi connectivity index (χ3v) is 14.5. The minimum Gasteiger partial charge on any atom is -0.309 e. The van der Waals surface area contributed by atoms with E-state index in [1.54, 1.807) is 0 Å². The van der Waals surface area contributed by atoms with Gasteiger partial charge in [0, 0.05) is 53.1 Å². The molecule has 0 bridgehead atoms. The first kappa shape index (κ1) is 33.0. The predicted octanol–water partition coefficient (Wildman–Crippen LogP) is 15.4. The Morgan fingerprint density at radius 3 is 1.86 bits per heavy atom.